The van der Waals surface area contributed by atoms with Crippen molar-refractivity contribution in [3.05, 3.63) is 36.0 Å². The Morgan fingerprint density at radius 1 is 1.24 bits per heavy atom. The van der Waals surface area contributed by atoms with Crippen molar-refractivity contribution in [3.8, 4) is 11.6 Å². The highest BCUT2D eigenvalue weighted by atomic mass is 19.3. The Balaban J connectivity index is 1.89. The Bertz CT molecular complexity index is 445. The third-order valence-electron chi connectivity index (χ3n) is 1.93. The van der Waals surface area contributed by atoms with Gasteiger partial charge in [0.25, 0.3) is 5.88 Å². The lowest BCUT2D eigenvalue weighted by atomic mass is 10.2. The highest BCUT2D eigenvalue weighted by Crippen LogP contribution is 2.15. The molecule has 0 aliphatic heterocycles. The van der Waals surface area contributed by atoms with Crippen LogP contribution in [-0.2, 0) is 6.61 Å². The van der Waals surface area contributed by atoms with Crippen molar-refractivity contribution >= 4 is 0 Å². The molecule has 0 fully saturated rings. The summed E-state index contributed by atoms with van der Waals surface area (Å²) in [6, 6.07) is 6.18. The average molecular weight is 241 g/mol. The summed E-state index contributed by atoms with van der Waals surface area (Å²) >= 11 is 0. The summed E-state index contributed by atoms with van der Waals surface area (Å²) in [6.45, 7) is -2.53. The number of hydrogen-bond acceptors (Lipinski definition) is 4. The van der Waals surface area contributed by atoms with Gasteiger partial charge in [-0.2, -0.15) is 19.1 Å². The molecule has 0 radical (unpaired) electrons. The van der Waals surface area contributed by atoms with Crippen molar-refractivity contribution in [1.82, 2.24) is 15.4 Å². The molecule has 1 aromatic heterocycles. The van der Waals surface area contributed by atoms with E-state index in [0.29, 0.717) is 5.88 Å². The minimum Gasteiger partial charge on any atom is -0.471 e. The molecule has 0 amide bonds. The van der Waals surface area contributed by atoms with E-state index in [1.165, 1.54) is 18.3 Å². The first-order valence-corrected chi connectivity index (χ1v) is 4.76. The first-order chi connectivity index (χ1) is 8.24. The lowest BCUT2D eigenvalue weighted by molar-refractivity contribution is -0.0498. The maximum absolute atomic E-state index is 11.9. The van der Waals surface area contributed by atoms with Gasteiger partial charge in [-0.3, -0.25) is 0 Å². The van der Waals surface area contributed by atoms with Crippen molar-refractivity contribution < 1.29 is 18.3 Å². The molecule has 7 heteroatoms. The number of nitrogens with zero attached hydrogens (tertiary/aromatic N) is 2. The van der Waals surface area contributed by atoms with E-state index in [2.05, 4.69) is 20.1 Å². The lowest BCUT2D eigenvalue weighted by Crippen LogP contribution is -2.02. The summed E-state index contributed by atoms with van der Waals surface area (Å²) in [4.78, 5) is 0. The lowest BCUT2D eigenvalue weighted by Gasteiger charge is -2.05. The third-order valence-corrected chi connectivity index (χ3v) is 1.93. The Labute approximate surface area is 95.4 Å². The number of hydrogen-bond donors (Lipinski definition) is 1. The van der Waals surface area contributed by atoms with Crippen LogP contribution in [0, 0.1) is 0 Å². The molecule has 2 rings (SSSR count). The number of benzene rings is 1. The van der Waals surface area contributed by atoms with E-state index in [1.807, 2.05) is 0 Å². The van der Waals surface area contributed by atoms with E-state index in [4.69, 9.17) is 4.74 Å². The van der Waals surface area contributed by atoms with Crippen LogP contribution in [0.5, 0.6) is 11.6 Å². The standard InChI is InChI=1S/C10H9F2N3O2/c11-10(12)17-8-3-1-7(2-4-8)6-16-9-5-13-15-14-9/h1-5,10H,6H2,(H,13,14,15). The molecular formula is C10H9F2N3O2. The SMILES string of the molecule is FC(F)Oc1ccc(COc2cn[nH]n2)cc1. The Hall–Kier alpha value is -2.18. The van der Waals surface area contributed by atoms with Crippen LogP contribution in [0.15, 0.2) is 30.5 Å². The fourth-order valence-electron chi connectivity index (χ4n) is 1.19. The van der Waals surface area contributed by atoms with E-state index in [9.17, 15) is 8.78 Å². The maximum atomic E-state index is 11.9. The largest absolute Gasteiger partial charge is 0.471 e. The number of aromatic amines is 1. The molecule has 0 aliphatic rings. The zero-order chi connectivity index (χ0) is 12.1. The zero-order valence-electron chi connectivity index (χ0n) is 8.64. The second-order valence-electron chi connectivity index (χ2n) is 3.12. The number of halogens is 2. The number of nitrogens with one attached hydrogen (secondary N) is 1. The average Bonchev–Trinajstić information content (AvgIpc) is 2.80. The number of H-pyrrole nitrogens is 1. The molecule has 1 heterocycles. The van der Waals surface area contributed by atoms with Crippen molar-refractivity contribution in [3.63, 3.8) is 0 Å². The zero-order valence-corrected chi connectivity index (χ0v) is 8.64. The molecule has 2 aromatic rings. The van der Waals surface area contributed by atoms with E-state index in [-0.39, 0.29) is 12.4 Å². The van der Waals surface area contributed by atoms with E-state index in [0.717, 1.165) is 5.56 Å². The quantitative estimate of drug-likeness (QED) is 0.869. The molecule has 90 valence electrons. The summed E-state index contributed by atoms with van der Waals surface area (Å²) in [6.07, 6.45) is 1.44. The smallest absolute Gasteiger partial charge is 0.387 e. The van der Waals surface area contributed by atoms with Gasteiger partial charge >= 0.3 is 6.61 Å². The van der Waals surface area contributed by atoms with E-state index >= 15 is 0 Å². The maximum Gasteiger partial charge on any atom is 0.387 e. The molecule has 0 saturated heterocycles. The molecule has 0 unspecified atom stereocenters. The first kappa shape index (κ1) is 11.3. The van der Waals surface area contributed by atoms with Gasteiger partial charge in [-0.1, -0.05) is 12.1 Å². The first-order valence-electron chi connectivity index (χ1n) is 4.76. The van der Waals surface area contributed by atoms with Crippen LogP contribution in [0.25, 0.3) is 0 Å². The minimum atomic E-state index is -2.81. The fraction of sp³-hybridized carbons (Fsp3) is 0.200. The summed E-state index contributed by atoms with van der Waals surface area (Å²) in [7, 11) is 0. The van der Waals surface area contributed by atoms with Crippen LogP contribution < -0.4 is 9.47 Å². The molecule has 0 saturated carbocycles. The Kier molecular flexibility index (Phi) is 3.49. The van der Waals surface area contributed by atoms with E-state index < -0.39 is 6.61 Å². The number of aromatic nitrogens is 3. The number of rotatable bonds is 5. The van der Waals surface area contributed by atoms with Crippen LogP contribution >= 0.6 is 0 Å². The predicted molar refractivity (Wildman–Crippen MR) is 53.8 cm³/mol. The summed E-state index contributed by atoms with van der Waals surface area (Å²) < 4.78 is 33.3. The van der Waals surface area contributed by atoms with Gasteiger partial charge in [0.1, 0.15) is 18.6 Å². The second-order valence-corrected chi connectivity index (χ2v) is 3.12. The van der Waals surface area contributed by atoms with Gasteiger partial charge in [0, 0.05) is 0 Å². The molecule has 0 atom stereocenters. The number of ether oxygens (including phenoxy) is 2. The van der Waals surface area contributed by atoms with Crippen LogP contribution in [-0.4, -0.2) is 22.0 Å². The Morgan fingerprint density at radius 2 is 2.00 bits per heavy atom. The van der Waals surface area contributed by atoms with Gasteiger partial charge in [-0.15, -0.1) is 5.10 Å². The van der Waals surface area contributed by atoms with Gasteiger partial charge in [0.15, 0.2) is 0 Å². The summed E-state index contributed by atoms with van der Waals surface area (Å²) in [5.41, 5.74) is 0.814. The minimum absolute atomic E-state index is 0.116. The van der Waals surface area contributed by atoms with Crippen molar-refractivity contribution in [2.75, 3.05) is 0 Å². The topological polar surface area (TPSA) is 60.0 Å². The van der Waals surface area contributed by atoms with Crippen LogP contribution in [0.4, 0.5) is 8.78 Å². The molecule has 0 bridgehead atoms. The molecule has 17 heavy (non-hydrogen) atoms. The molecule has 0 aliphatic carbocycles. The second kappa shape index (κ2) is 5.24. The molecule has 1 N–H and O–H groups in total. The highest BCUT2D eigenvalue weighted by molar-refractivity contribution is 5.27. The summed E-state index contributed by atoms with van der Waals surface area (Å²) in [5, 5.41) is 9.69. The van der Waals surface area contributed by atoms with Gasteiger partial charge in [0.05, 0.1) is 0 Å². The van der Waals surface area contributed by atoms with Crippen molar-refractivity contribution in [2.24, 2.45) is 0 Å². The molecule has 5 nitrogen and oxygen atoms in total. The third kappa shape index (κ3) is 3.40. The molecular weight excluding hydrogens is 232 g/mol. The van der Waals surface area contributed by atoms with Gasteiger partial charge in [-0.25, -0.2) is 0 Å². The Morgan fingerprint density at radius 3 is 2.59 bits per heavy atom. The van der Waals surface area contributed by atoms with Gasteiger partial charge < -0.3 is 9.47 Å². The summed E-state index contributed by atoms with van der Waals surface area (Å²) in [5.74, 6) is 0.489. The van der Waals surface area contributed by atoms with Crippen LogP contribution in [0.3, 0.4) is 0 Å². The van der Waals surface area contributed by atoms with Crippen molar-refractivity contribution in [2.45, 2.75) is 13.2 Å². The molecule has 0 spiro atoms. The van der Waals surface area contributed by atoms with E-state index in [1.54, 1.807) is 12.1 Å². The monoisotopic (exact) mass is 241 g/mol. The highest BCUT2D eigenvalue weighted by Gasteiger charge is 2.04. The fourth-order valence-corrected chi connectivity index (χ4v) is 1.19. The van der Waals surface area contributed by atoms with Crippen LogP contribution in [0.1, 0.15) is 5.56 Å². The molecule has 1 aromatic carbocycles. The van der Waals surface area contributed by atoms with Gasteiger partial charge in [0.2, 0.25) is 0 Å². The van der Waals surface area contributed by atoms with Crippen molar-refractivity contribution in [1.29, 1.82) is 0 Å². The number of alkyl halides is 2. The predicted octanol–water partition coefficient (Wildman–Crippen LogP) is 1.99. The van der Waals surface area contributed by atoms with Gasteiger partial charge in [-0.05, 0) is 17.7 Å². The van der Waals surface area contributed by atoms with Crippen LogP contribution in [0.2, 0.25) is 0 Å². The normalized spacial score (nSPS) is 10.5.